The number of ether oxygens (including phenoxy) is 1. The number of nitrogens with zero attached hydrogens (tertiary/aromatic N) is 2. The monoisotopic (exact) mass is 351 g/mol. The van der Waals surface area contributed by atoms with Crippen LogP contribution in [0, 0.1) is 0 Å². The van der Waals surface area contributed by atoms with Crippen LogP contribution in [-0.4, -0.2) is 23.3 Å². The van der Waals surface area contributed by atoms with Gasteiger partial charge in [0.25, 0.3) is 0 Å². The Bertz CT molecular complexity index is 767. The van der Waals surface area contributed by atoms with Crippen LogP contribution in [0.3, 0.4) is 0 Å². The maximum Gasteiger partial charge on any atom is 0.373 e. The third kappa shape index (κ3) is 4.14. The number of carbonyl (C=O) groups is 1. The van der Waals surface area contributed by atoms with Crippen molar-refractivity contribution in [2.24, 2.45) is 0 Å². The van der Waals surface area contributed by atoms with E-state index in [2.05, 4.69) is 20.3 Å². The van der Waals surface area contributed by atoms with Crippen molar-refractivity contribution < 1.29 is 18.4 Å². The molecule has 0 unspecified atom stereocenters. The number of furan rings is 2. The number of methoxy groups -OCH3 is 1. The fraction of sp³-hybridized carbons (Fsp3) is 0.214. The van der Waals surface area contributed by atoms with Gasteiger partial charge in [0.05, 0.1) is 25.7 Å². The number of hydrogen-bond donors (Lipinski definition) is 1. The fourth-order valence-electron chi connectivity index (χ4n) is 1.71. The van der Waals surface area contributed by atoms with Crippen LogP contribution in [0.1, 0.15) is 22.1 Å². The summed E-state index contributed by atoms with van der Waals surface area (Å²) in [5.74, 6) is 1.78. The lowest BCUT2D eigenvalue weighted by Gasteiger charge is -1.97. The second-order valence-corrected chi connectivity index (χ2v) is 6.55. The molecule has 120 valence electrons. The standard InChI is InChI=1S/C14H13N3O4S2/c1-19-12(18)11-5-4-10(21-11)8-22-14-17-16-13(23-14)15-7-9-3-2-6-20-9/h2-6H,7-8H2,1H3,(H,15,16). The maximum absolute atomic E-state index is 11.3. The van der Waals surface area contributed by atoms with Gasteiger partial charge in [-0.15, -0.1) is 10.2 Å². The van der Waals surface area contributed by atoms with E-state index in [1.807, 2.05) is 12.1 Å². The molecule has 3 aromatic heterocycles. The van der Waals surface area contributed by atoms with Crippen molar-refractivity contribution in [2.75, 3.05) is 12.4 Å². The summed E-state index contributed by atoms with van der Waals surface area (Å²) < 4.78 is 16.0. The lowest BCUT2D eigenvalue weighted by molar-refractivity contribution is 0.0563. The normalized spacial score (nSPS) is 10.7. The van der Waals surface area contributed by atoms with Gasteiger partial charge in [-0.3, -0.25) is 0 Å². The molecule has 0 aliphatic carbocycles. The highest BCUT2D eigenvalue weighted by Crippen LogP contribution is 2.29. The van der Waals surface area contributed by atoms with E-state index in [1.54, 1.807) is 18.4 Å². The minimum absolute atomic E-state index is 0.196. The second-order valence-electron chi connectivity index (χ2n) is 4.35. The van der Waals surface area contributed by atoms with Gasteiger partial charge in [0.15, 0.2) is 4.34 Å². The smallest absolute Gasteiger partial charge is 0.373 e. The topological polar surface area (TPSA) is 90.4 Å². The van der Waals surface area contributed by atoms with Gasteiger partial charge in [0, 0.05) is 0 Å². The highest BCUT2D eigenvalue weighted by atomic mass is 32.2. The molecule has 3 rings (SSSR count). The quantitative estimate of drug-likeness (QED) is 0.511. The fourth-order valence-corrected chi connectivity index (χ4v) is 3.36. The predicted molar refractivity (Wildman–Crippen MR) is 85.6 cm³/mol. The zero-order valence-corrected chi connectivity index (χ0v) is 13.8. The van der Waals surface area contributed by atoms with Gasteiger partial charge in [-0.2, -0.15) is 0 Å². The summed E-state index contributed by atoms with van der Waals surface area (Å²) in [4.78, 5) is 11.3. The van der Waals surface area contributed by atoms with Crippen molar-refractivity contribution in [1.82, 2.24) is 10.2 Å². The van der Waals surface area contributed by atoms with E-state index in [0.717, 1.165) is 15.2 Å². The highest BCUT2D eigenvalue weighted by molar-refractivity contribution is 8.00. The third-order valence-corrected chi connectivity index (χ3v) is 4.82. The Balaban J connectivity index is 1.50. The maximum atomic E-state index is 11.3. The molecule has 0 amide bonds. The molecule has 0 bridgehead atoms. The van der Waals surface area contributed by atoms with E-state index >= 15 is 0 Å². The molecule has 3 heterocycles. The van der Waals surface area contributed by atoms with E-state index in [4.69, 9.17) is 8.83 Å². The summed E-state index contributed by atoms with van der Waals surface area (Å²) >= 11 is 2.93. The summed E-state index contributed by atoms with van der Waals surface area (Å²) in [6, 6.07) is 7.07. The van der Waals surface area contributed by atoms with Crippen LogP contribution < -0.4 is 5.32 Å². The Labute approximate surface area is 140 Å². The number of thioether (sulfide) groups is 1. The number of anilines is 1. The van der Waals surface area contributed by atoms with Crippen LogP contribution in [0.25, 0.3) is 0 Å². The lowest BCUT2D eigenvalue weighted by Crippen LogP contribution is -1.98. The van der Waals surface area contributed by atoms with E-state index in [1.165, 1.54) is 30.2 Å². The first-order chi connectivity index (χ1) is 11.2. The molecule has 7 nitrogen and oxygen atoms in total. The minimum Gasteiger partial charge on any atom is -0.467 e. The number of hydrogen-bond acceptors (Lipinski definition) is 9. The van der Waals surface area contributed by atoms with Crippen molar-refractivity contribution >= 4 is 34.2 Å². The molecule has 0 radical (unpaired) electrons. The van der Waals surface area contributed by atoms with Gasteiger partial charge < -0.3 is 18.9 Å². The molecular weight excluding hydrogens is 338 g/mol. The van der Waals surface area contributed by atoms with Crippen LogP contribution in [0.5, 0.6) is 0 Å². The number of rotatable bonds is 7. The Hall–Kier alpha value is -2.26. The van der Waals surface area contributed by atoms with Gasteiger partial charge in [-0.25, -0.2) is 4.79 Å². The van der Waals surface area contributed by atoms with Crippen molar-refractivity contribution in [1.29, 1.82) is 0 Å². The largest absolute Gasteiger partial charge is 0.467 e. The first kappa shape index (κ1) is 15.6. The van der Waals surface area contributed by atoms with Gasteiger partial charge in [-0.1, -0.05) is 23.1 Å². The van der Waals surface area contributed by atoms with E-state index < -0.39 is 5.97 Å². The Morgan fingerprint density at radius 2 is 2.26 bits per heavy atom. The molecule has 0 atom stereocenters. The van der Waals surface area contributed by atoms with Crippen molar-refractivity contribution in [3.8, 4) is 0 Å². The van der Waals surface area contributed by atoms with Crippen molar-refractivity contribution in [2.45, 2.75) is 16.6 Å². The number of aromatic nitrogens is 2. The molecule has 0 aromatic carbocycles. The average molecular weight is 351 g/mol. The molecule has 0 aliphatic rings. The Morgan fingerprint density at radius 3 is 3.04 bits per heavy atom. The molecular formula is C14H13N3O4S2. The molecule has 0 saturated heterocycles. The number of nitrogens with one attached hydrogen (secondary N) is 1. The van der Waals surface area contributed by atoms with Crippen LogP contribution in [0.2, 0.25) is 0 Å². The molecule has 1 N–H and O–H groups in total. The molecule has 3 aromatic rings. The number of carbonyl (C=O) groups excluding carboxylic acids is 1. The predicted octanol–water partition coefficient (Wildman–Crippen LogP) is 3.42. The van der Waals surface area contributed by atoms with Crippen LogP contribution in [-0.2, 0) is 17.0 Å². The first-order valence-corrected chi connectivity index (χ1v) is 8.44. The van der Waals surface area contributed by atoms with E-state index in [0.29, 0.717) is 18.1 Å². The minimum atomic E-state index is -0.485. The van der Waals surface area contributed by atoms with Gasteiger partial charge >= 0.3 is 5.97 Å². The van der Waals surface area contributed by atoms with Crippen molar-refractivity contribution in [3.05, 3.63) is 47.8 Å². The van der Waals surface area contributed by atoms with E-state index in [9.17, 15) is 4.79 Å². The Kier molecular flexibility index (Phi) is 4.99. The summed E-state index contributed by atoms with van der Waals surface area (Å²) in [7, 11) is 1.32. The zero-order chi connectivity index (χ0) is 16.1. The Morgan fingerprint density at radius 1 is 1.35 bits per heavy atom. The number of esters is 1. The molecule has 0 spiro atoms. The zero-order valence-electron chi connectivity index (χ0n) is 12.1. The lowest BCUT2D eigenvalue weighted by atomic mass is 10.4. The average Bonchev–Trinajstić information content (AvgIpc) is 3.31. The molecule has 0 saturated carbocycles. The van der Waals surface area contributed by atoms with Crippen molar-refractivity contribution in [3.63, 3.8) is 0 Å². The van der Waals surface area contributed by atoms with E-state index in [-0.39, 0.29) is 5.76 Å². The highest BCUT2D eigenvalue weighted by Gasteiger charge is 2.12. The first-order valence-electron chi connectivity index (χ1n) is 6.64. The van der Waals surface area contributed by atoms with Crippen LogP contribution in [0.4, 0.5) is 5.13 Å². The molecule has 0 fully saturated rings. The summed E-state index contributed by atoms with van der Waals surface area (Å²) in [5.41, 5.74) is 0. The van der Waals surface area contributed by atoms with Crippen LogP contribution in [0.15, 0.2) is 43.7 Å². The molecule has 23 heavy (non-hydrogen) atoms. The summed E-state index contributed by atoms with van der Waals surface area (Å²) in [6.45, 7) is 0.562. The second kappa shape index (κ2) is 7.34. The molecule has 0 aliphatic heterocycles. The SMILES string of the molecule is COC(=O)c1ccc(CSc2nnc(NCc3ccco3)s2)o1. The third-order valence-electron chi connectivity index (χ3n) is 2.79. The van der Waals surface area contributed by atoms with Gasteiger partial charge in [0.1, 0.15) is 11.5 Å². The summed E-state index contributed by atoms with van der Waals surface area (Å²) in [5, 5.41) is 12.0. The van der Waals surface area contributed by atoms with Crippen LogP contribution >= 0.6 is 23.1 Å². The summed E-state index contributed by atoms with van der Waals surface area (Å²) in [6.07, 6.45) is 1.63. The van der Waals surface area contributed by atoms with Gasteiger partial charge in [-0.05, 0) is 24.3 Å². The van der Waals surface area contributed by atoms with Gasteiger partial charge in [0.2, 0.25) is 10.9 Å². The molecule has 9 heteroatoms.